The molecule has 2 atom stereocenters. The van der Waals surface area contributed by atoms with Crippen molar-refractivity contribution in [3.63, 3.8) is 0 Å². The lowest BCUT2D eigenvalue weighted by Crippen LogP contribution is -2.34. The number of benzene rings is 1. The summed E-state index contributed by atoms with van der Waals surface area (Å²) in [6, 6.07) is 5.82. The van der Waals surface area contributed by atoms with Gasteiger partial charge in [0.25, 0.3) is 0 Å². The van der Waals surface area contributed by atoms with Gasteiger partial charge in [-0.15, -0.1) is 0 Å². The van der Waals surface area contributed by atoms with Gasteiger partial charge in [0, 0.05) is 30.5 Å². The maximum atomic E-state index is 9.49. The lowest BCUT2D eigenvalue weighted by Gasteiger charge is -2.28. The zero-order valence-corrected chi connectivity index (χ0v) is 12.3. The molecule has 1 N–H and O–H groups in total. The van der Waals surface area contributed by atoms with Crippen molar-refractivity contribution >= 4 is 15.9 Å². The summed E-state index contributed by atoms with van der Waals surface area (Å²) in [4.78, 5) is 2.28. The second-order valence-corrected chi connectivity index (χ2v) is 6.09. The van der Waals surface area contributed by atoms with Crippen molar-refractivity contribution in [3.05, 3.63) is 22.7 Å². The molecule has 4 nitrogen and oxygen atoms in total. The van der Waals surface area contributed by atoms with E-state index in [1.807, 2.05) is 18.2 Å². The molecule has 2 aliphatic heterocycles. The number of likely N-dealkylation sites (tertiary alicyclic amines) is 1. The van der Waals surface area contributed by atoms with Crippen LogP contribution in [-0.4, -0.2) is 48.5 Å². The molecule has 0 radical (unpaired) electrons. The van der Waals surface area contributed by atoms with E-state index in [2.05, 4.69) is 20.8 Å². The van der Waals surface area contributed by atoms with Gasteiger partial charge in [-0.05, 0) is 24.6 Å². The van der Waals surface area contributed by atoms with Crippen molar-refractivity contribution in [1.82, 2.24) is 4.90 Å². The second-order valence-electron chi connectivity index (χ2n) is 5.17. The van der Waals surface area contributed by atoms with Crippen LogP contribution in [-0.2, 0) is 0 Å². The average Bonchev–Trinajstić information content (AvgIpc) is 2.81. The minimum absolute atomic E-state index is 0.0968. The predicted molar refractivity (Wildman–Crippen MR) is 75.7 cm³/mol. The summed E-state index contributed by atoms with van der Waals surface area (Å²) in [5.74, 6) is 1.63. The summed E-state index contributed by atoms with van der Waals surface area (Å²) in [7, 11) is 0. The third-order valence-corrected chi connectivity index (χ3v) is 4.13. The maximum absolute atomic E-state index is 9.49. The first-order valence-corrected chi connectivity index (χ1v) is 7.49. The summed E-state index contributed by atoms with van der Waals surface area (Å²) in [6.07, 6.45) is 1.76. The lowest BCUT2D eigenvalue weighted by molar-refractivity contribution is 0.0756. The van der Waals surface area contributed by atoms with Crippen molar-refractivity contribution in [3.8, 4) is 11.5 Å². The van der Waals surface area contributed by atoms with Crippen molar-refractivity contribution in [2.24, 2.45) is 0 Å². The summed E-state index contributed by atoms with van der Waals surface area (Å²) >= 11 is 3.44. The number of hydrogen-bond donors (Lipinski definition) is 1. The van der Waals surface area contributed by atoms with E-state index in [4.69, 9.17) is 9.47 Å². The van der Waals surface area contributed by atoms with E-state index in [0.29, 0.717) is 6.61 Å². The number of aliphatic hydroxyl groups excluding tert-OH is 1. The molecule has 0 bridgehead atoms. The molecule has 0 aliphatic carbocycles. The maximum Gasteiger partial charge on any atom is 0.162 e. The summed E-state index contributed by atoms with van der Waals surface area (Å²) in [6.45, 7) is 3.33. The van der Waals surface area contributed by atoms with E-state index < -0.39 is 0 Å². The van der Waals surface area contributed by atoms with Crippen LogP contribution in [0.4, 0.5) is 0 Å². The highest BCUT2D eigenvalue weighted by molar-refractivity contribution is 9.10. The van der Waals surface area contributed by atoms with Crippen LogP contribution in [0.3, 0.4) is 0 Å². The Balaban J connectivity index is 1.54. The first-order chi connectivity index (χ1) is 9.20. The zero-order chi connectivity index (χ0) is 13.2. The molecule has 1 aromatic carbocycles. The number of fused-ring (bicyclic) bond motifs is 1. The van der Waals surface area contributed by atoms with E-state index in [1.54, 1.807) is 0 Å². The van der Waals surface area contributed by atoms with Crippen LogP contribution in [0, 0.1) is 0 Å². The van der Waals surface area contributed by atoms with Crippen LogP contribution in [0.15, 0.2) is 22.7 Å². The number of aliphatic hydroxyl groups is 1. The molecule has 0 amide bonds. The quantitative estimate of drug-likeness (QED) is 0.922. The Labute approximate surface area is 121 Å². The largest absolute Gasteiger partial charge is 0.486 e. The van der Waals surface area contributed by atoms with Crippen LogP contribution >= 0.6 is 15.9 Å². The Kier molecular flexibility index (Phi) is 3.96. The fraction of sp³-hybridized carbons (Fsp3) is 0.571. The molecule has 2 aliphatic rings. The average molecular weight is 328 g/mol. The van der Waals surface area contributed by atoms with Gasteiger partial charge in [0.1, 0.15) is 12.7 Å². The third kappa shape index (κ3) is 3.22. The zero-order valence-electron chi connectivity index (χ0n) is 10.7. The number of ether oxygens (including phenoxy) is 2. The Bertz CT molecular complexity index is 454. The molecule has 5 heteroatoms. The van der Waals surface area contributed by atoms with E-state index in [9.17, 15) is 5.11 Å². The minimum Gasteiger partial charge on any atom is -0.486 e. The van der Waals surface area contributed by atoms with Crippen LogP contribution in [0.1, 0.15) is 12.8 Å². The first kappa shape index (κ1) is 13.2. The highest BCUT2D eigenvalue weighted by Crippen LogP contribution is 2.34. The van der Waals surface area contributed by atoms with Crippen molar-refractivity contribution < 1.29 is 14.6 Å². The van der Waals surface area contributed by atoms with E-state index in [0.717, 1.165) is 48.4 Å². The van der Waals surface area contributed by atoms with Gasteiger partial charge < -0.3 is 19.5 Å². The molecule has 1 saturated heterocycles. The molecule has 3 rings (SSSR count). The van der Waals surface area contributed by atoms with Crippen molar-refractivity contribution in [2.45, 2.75) is 25.0 Å². The molecule has 0 spiro atoms. The normalized spacial score (nSPS) is 26.6. The van der Waals surface area contributed by atoms with Crippen LogP contribution < -0.4 is 9.47 Å². The second kappa shape index (κ2) is 5.69. The molecule has 2 heterocycles. The van der Waals surface area contributed by atoms with Crippen molar-refractivity contribution in [1.29, 1.82) is 0 Å². The summed E-state index contributed by atoms with van der Waals surface area (Å²) < 4.78 is 12.7. The molecular formula is C14H18BrNO3. The number of rotatable bonds is 3. The van der Waals surface area contributed by atoms with Gasteiger partial charge in [0.05, 0.1) is 6.10 Å². The Morgan fingerprint density at radius 2 is 2.26 bits per heavy atom. The van der Waals surface area contributed by atoms with E-state index >= 15 is 0 Å². The molecule has 0 aromatic heterocycles. The minimum atomic E-state index is -0.153. The molecular weight excluding hydrogens is 310 g/mol. The Morgan fingerprint density at radius 3 is 3.05 bits per heavy atom. The van der Waals surface area contributed by atoms with Gasteiger partial charge in [-0.2, -0.15) is 0 Å². The fourth-order valence-electron chi connectivity index (χ4n) is 2.57. The third-order valence-electron chi connectivity index (χ3n) is 3.64. The number of halogens is 1. The van der Waals surface area contributed by atoms with Crippen LogP contribution in [0.5, 0.6) is 11.5 Å². The molecule has 1 aromatic rings. The monoisotopic (exact) mass is 327 g/mol. The highest BCUT2D eigenvalue weighted by Gasteiger charge is 2.24. The molecule has 1 fully saturated rings. The fourth-order valence-corrected chi connectivity index (χ4v) is 2.91. The number of hydrogen-bond acceptors (Lipinski definition) is 4. The highest BCUT2D eigenvalue weighted by atomic mass is 79.9. The number of β-amino-alcohol motifs (C(OH)–C–C–N with tert-alkyl or cyclic N) is 1. The Morgan fingerprint density at radius 1 is 1.37 bits per heavy atom. The molecule has 19 heavy (non-hydrogen) atoms. The van der Waals surface area contributed by atoms with Crippen molar-refractivity contribution in [2.75, 3.05) is 26.2 Å². The van der Waals surface area contributed by atoms with Gasteiger partial charge in [0.15, 0.2) is 11.5 Å². The van der Waals surface area contributed by atoms with Gasteiger partial charge in [-0.1, -0.05) is 15.9 Å². The molecule has 1 unspecified atom stereocenters. The molecule has 0 saturated carbocycles. The topological polar surface area (TPSA) is 41.9 Å². The summed E-state index contributed by atoms with van der Waals surface area (Å²) in [5.41, 5.74) is 0. The van der Waals surface area contributed by atoms with Gasteiger partial charge >= 0.3 is 0 Å². The first-order valence-electron chi connectivity index (χ1n) is 6.70. The SMILES string of the molecule is O[C@@H]1CCN(CCC2COc3ccc(Br)cc3O2)C1. The van der Waals surface area contributed by atoms with Crippen LogP contribution in [0.2, 0.25) is 0 Å². The summed E-state index contributed by atoms with van der Waals surface area (Å²) in [5, 5.41) is 9.49. The van der Waals surface area contributed by atoms with E-state index in [1.165, 1.54) is 0 Å². The lowest BCUT2D eigenvalue weighted by atomic mass is 10.2. The van der Waals surface area contributed by atoms with Gasteiger partial charge in [-0.3, -0.25) is 0 Å². The smallest absolute Gasteiger partial charge is 0.162 e. The number of nitrogens with zero attached hydrogens (tertiary/aromatic N) is 1. The standard InChI is InChI=1S/C14H18BrNO3/c15-10-1-2-13-14(7-10)19-12(9-18-13)4-6-16-5-3-11(17)8-16/h1-2,7,11-12,17H,3-6,8-9H2/t11-,12?/m1/s1. The van der Waals surface area contributed by atoms with E-state index in [-0.39, 0.29) is 12.2 Å². The van der Waals surface area contributed by atoms with Gasteiger partial charge in [-0.25, -0.2) is 0 Å². The van der Waals surface area contributed by atoms with Gasteiger partial charge in [0.2, 0.25) is 0 Å². The molecule has 104 valence electrons. The van der Waals surface area contributed by atoms with Crippen LogP contribution in [0.25, 0.3) is 0 Å². The predicted octanol–water partition coefficient (Wildman–Crippen LogP) is 2.05. The Hall–Kier alpha value is -0.780.